The van der Waals surface area contributed by atoms with Crippen LogP contribution < -0.4 is 11.1 Å². The van der Waals surface area contributed by atoms with Crippen LogP contribution in [0.4, 0.5) is 11.4 Å². The number of likely N-dealkylation sites (N-methyl/N-ethyl adjacent to an activating group) is 1. The number of nitrogens with two attached hydrogens (primary N) is 1. The van der Waals surface area contributed by atoms with E-state index in [-0.39, 0.29) is 5.91 Å². The lowest BCUT2D eigenvalue weighted by molar-refractivity contribution is -0.117. The van der Waals surface area contributed by atoms with E-state index in [9.17, 15) is 4.79 Å². The van der Waals surface area contributed by atoms with E-state index < -0.39 is 0 Å². The SMILES string of the molecule is Cc1ccc(NC(=O)CN(C)CCOCC2CC2)cc1N. The van der Waals surface area contributed by atoms with Crippen molar-refractivity contribution in [2.75, 3.05) is 44.4 Å². The normalized spacial score (nSPS) is 14.4. The summed E-state index contributed by atoms with van der Waals surface area (Å²) in [6, 6.07) is 5.55. The van der Waals surface area contributed by atoms with Gasteiger partial charge in [0.05, 0.1) is 13.2 Å². The Kier molecular flexibility index (Phi) is 5.59. The number of carbonyl (C=O) groups excluding carboxylic acids is 1. The molecule has 5 nitrogen and oxygen atoms in total. The molecule has 0 unspecified atom stereocenters. The monoisotopic (exact) mass is 291 g/mol. The molecule has 1 amide bonds. The number of anilines is 2. The Morgan fingerprint density at radius 3 is 2.90 bits per heavy atom. The Morgan fingerprint density at radius 1 is 1.48 bits per heavy atom. The van der Waals surface area contributed by atoms with Crippen LogP contribution in [0.25, 0.3) is 0 Å². The van der Waals surface area contributed by atoms with E-state index in [2.05, 4.69) is 5.32 Å². The van der Waals surface area contributed by atoms with E-state index in [1.54, 1.807) is 6.07 Å². The Balaban J connectivity index is 1.66. The van der Waals surface area contributed by atoms with Crippen molar-refractivity contribution in [1.29, 1.82) is 0 Å². The molecule has 0 saturated heterocycles. The fourth-order valence-electron chi connectivity index (χ4n) is 2.00. The number of hydrogen-bond acceptors (Lipinski definition) is 4. The summed E-state index contributed by atoms with van der Waals surface area (Å²) in [4.78, 5) is 13.9. The molecule has 0 aliphatic heterocycles. The standard InChI is InChI=1S/C16H25N3O2/c1-12-3-6-14(9-15(12)17)18-16(20)10-19(2)7-8-21-11-13-4-5-13/h3,6,9,13H,4-5,7-8,10-11,17H2,1-2H3,(H,18,20). The maximum Gasteiger partial charge on any atom is 0.238 e. The van der Waals surface area contributed by atoms with Gasteiger partial charge in [0.2, 0.25) is 5.91 Å². The molecule has 1 aromatic rings. The lowest BCUT2D eigenvalue weighted by Gasteiger charge is -2.16. The van der Waals surface area contributed by atoms with E-state index in [0.717, 1.165) is 30.3 Å². The topological polar surface area (TPSA) is 67.6 Å². The van der Waals surface area contributed by atoms with Gasteiger partial charge in [0, 0.05) is 24.5 Å². The predicted octanol–water partition coefficient (Wildman–Crippen LogP) is 1.87. The first kappa shape index (κ1) is 15.8. The third kappa shape index (κ3) is 5.73. The minimum Gasteiger partial charge on any atom is -0.398 e. The maximum absolute atomic E-state index is 11.9. The van der Waals surface area contributed by atoms with Crippen LogP contribution in [-0.4, -0.2) is 44.2 Å². The molecule has 1 saturated carbocycles. The van der Waals surface area contributed by atoms with E-state index in [1.165, 1.54) is 12.8 Å². The Morgan fingerprint density at radius 2 is 2.24 bits per heavy atom. The van der Waals surface area contributed by atoms with Crippen molar-refractivity contribution in [1.82, 2.24) is 4.90 Å². The molecule has 1 aliphatic carbocycles. The lowest BCUT2D eigenvalue weighted by atomic mass is 10.2. The zero-order chi connectivity index (χ0) is 15.2. The van der Waals surface area contributed by atoms with E-state index in [4.69, 9.17) is 10.5 Å². The zero-order valence-electron chi connectivity index (χ0n) is 12.9. The van der Waals surface area contributed by atoms with Gasteiger partial charge in [-0.3, -0.25) is 9.69 Å². The Bertz CT molecular complexity index is 486. The van der Waals surface area contributed by atoms with Crippen molar-refractivity contribution >= 4 is 17.3 Å². The highest BCUT2D eigenvalue weighted by Gasteiger charge is 2.21. The largest absolute Gasteiger partial charge is 0.398 e. The Labute approximate surface area is 126 Å². The molecule has 0 aromatic heterocycles. The summed E-state index contributed by atoms with van der Waals surface area (Å²) >= 11 is 0. The van der Waals surface area contributed by atoms with Crippen molar-refractivity contribution in [2.45, 2.75) is 19.8 Å². The van der Waals surface area contributed by atoms with Crippen molar-refractivity contribution < 1.29 is 9.53 Å². The van der Waals surface area contributed by atoms with Crippen molar-refractivity contribution in [3.63, 3.8) is 0 Å². The van der Waals surface area contributed by atoms with Crippen LogP contribution in [0.15, 0.2) is 18.2 Å². The molecular weight excluding hydrogens is 266 g/mol. The minimum atomic E-state index is -0.0389. The third-order valence-electron chi connectivity index (χ3n) is 3.64. The van der Waals surface area contributed by atoms with Crippen LogP contribution in [0.5, 0.6) is 0 Å². The summed E-state index contributed by atoms with van der Waals surface area (Å²) in [5.74, 6) is 0.744. The van der Waals surface area contributed by atoms with Crippen LogP contribution in [0.1, 0.15) is 18.4 Å². The predicted molar refractivity (Wildman–Crippen MR) is 85.3 cm³/mol. The smallest absolute Gasteiger partial charge is 0.238 e. The number of nitrogens with zero attached hydrogens (tertiary/aromatic N) is 1. The number of amides is 1. The second kappa shape index (κ2) is 7.43. The molecule has 1 aliphatic rings. The summed E-state index contributed by atoms with van der Waals surface area (Å²) in [7, 11) is 1.92. The van der Waals surface area contributed by atoms with Gasteiger partial charge in [-0.25, -0.2) is 0 Å². The molecule has 0 atom stereocenters. The average molecular weight is 291 g/mol. The van der Waals surface area contributed by atoms with Crippen molar-refractivity contribution in [2.24, 2.45) is 5.92 Å². The molecule has 0 bridgehead atoms. The summed E-state index contributed by atoms with van der Waals surface area (Å²) in [6.45, 7) is 4.59. The number of rotatable bonds is 8. The molecule has 1 aromatic carbocycles. The van der Waals surface area contributed by atoms with E-state index in [1.807, 2.05) is 31.0 Å². The highest BCUT2D eigenvalue weighted by Crippen LogP contribution is 2.28. The van der Waals surface area contributed by atoms with Gasteiger partial charge in [0.25, 0.3) is 0 Å². The number of nitrogens with one attached hydrogen (secondary N) is 1. The summed E-state index contributed by atoms with van der Waals surface area (Å²) in [5.41, 5.74) is 8.27. The van der Waals surface area contributed by atoms with Gasteiger partial charge in [0.1, 0.15) is 0 Å². The first-order valence-electron chi connectivity index (χ1n) is 7.47. The van der Waals surface area contributed by atoms with Gasteiger partial charge in [-0.05, 0) is 50.4 Å². The second-order valence-electron chi connectivity index (χ2n) is 5.88. The molecule has 0 heterocycles. The average Bonchev–Trinajstić information content (AvgIpc) is 3.23. The van der Waals surface area contributed by atoms with Gasteiger partial charge < -0.3 is 15.8 Å². The minimum absolute atomic E-state index is 0.0389. The molecule has 1 fully saturated rings. The summed E-state index contributed by atoms with van der Waals surface area (Å²) in [6.07, 6.45) is 2.61. The Hall–Kier alpha value is -1.59. The second-order valence-corrected chi connectivity index (χ2v) is 5.88. The number of benzene rings is 1. The molecule has 116 valence electrons. The van der Waals surface area contributed by atoms with Gasteiger partial charge in [-0.1, -0.05) is 6.07 Å². The highest BCUT2D eigenvalue weighted by molar-refractivity contribution is 5.92. The van der Waals surface area contributed by atoms with Gasteiger partial charge in [0.15, 0.2) is 0 Å². The zero-order valence-corrected chi connectivity index (χ0v) is 12.9. The summed E-state index contributed by atoms with van der Waals surface area (Å²) < 4.78 is 5.57. The van der Waals surface area contributed by atoms with Gasteiger partial charge >= 0.3 is 0 Å². The van der Waals surface area contributed by atoms with E-state index in [0.29, 0.717) is 18.8 Å². The molecule has 0 spiro atoms. The number of carbonyl (C=O) groups is 1. The number of hydrogen-bond donors (Lipinski definition) is 2. The van der Waals surface area contributed by atoms with Crippen LogP contribution in [-0.2, 0) is 9.53 Å². The fourth-order valence-corrected chi connectivity index (χ4v) is 2.00. The number of aryl methyl sites for hydroxylation is 1. The molecule has 3 N–H and O–H groups in total. The van der Waals surface area contributed by atoms with Crippen LogP contribution in [0, 0.1) is 12.8 Å². The van der Waals surface area contributed by atoms with Crippen molar-refractivity contribution in [3.8, 4) is 0 Å². The summed E-state index contributed by atoms with van der Waals surface area (Å²) in [5, 5.41) is 2.86. The lowest BCUT2D eigenvalue weighted by Crippen LogP contribution is -2.32. The van der Waals surface area contributed by atoms with Gasteiger partial charge in [-0.2, -0.15) is 0 Å². The molecule has 21 heavy (non-hydrogen) atoms. The first-order chi connectivity index (χ1) is 10.0. The molecule has 2 rings (SSSR count). The maximum atomic E-state index is 11.9. The van der Waals surface area contributed by atoms with Gasteiger partial charge in [-0.15, -0.1) is 0 Å². The van der Waals surface area contributed by atoms with Crippen molar-refractivity contribution in [3.05, 3.63) is 23.8 Å². The highest BCUT2D eigenvalue weighted by atomic mass is 16.5. The fraction of sp³-hybridized carbons (Fsp3) is 0.562. The third-order valence-corrected chi connectivity index (χ3v) is 3.64. The van der Waals surface area contributed by atoms with Crippen LogP contribution in [0.2, 0.25) is 0 Å². The first-order valence-corrected chi connectivity index (χ1v) is 7.47. The molecule has 0 radical (unpaired) electrons. The molecule has 5 heteroatoms. The molecular formula is C16H25N3O2. The van der Waals surface area contributed by atoms with E-state index >= 15 is 0 Å². The number of nitrogen functional groups attached to an aromatic ring is 1. The van der Waals surface area contributed by atoms with Crippen LogP contribution in [0.3, 0.4) is 0 Å². The van der Waals surface area contributed by atoms with Crippen LogP contribution >= 0.6 is 0 Å². The quantitative estimate of drug-likeness (QED) is 0.567. The number of ether oxygens (including phenoxy) is 1.